The van der Waals surface area contributed by atoms with Crippen molar-refractivity contribution in [2.24, 2.45) is 0 Å². The molecule has 2 rings (SSSR count). The van der Waals surface area contributed by atoms with Crippen molar-refractivity contribution in [2.45, 2.75) is 6.92 Å². The van der Waals surface area contributed by atoms with E-state index in [-0.39, 0.29) is 11.3 Å². The van der Waals surface area contributed by atoms with E-state index in [0.717, 1.165) is 11.6 Å². The van der Waals surface area contributed by atoms with Crippen LogP contribution in [0.3, 0.4) is 0 Å². The summed E-state index contributed by atoms with van der Waals surface area (Å²) in [4.78, 5) is 10.7. The minimum absolute atomic E-state index is 0.0320. The molecule has 0 fully saturated rings. The summed E-state index contributed by atoms with van der Waals surface area (Å²) < 4.78 is 14.8. The fourth-order valence-electron chi connectivity index (χ4n) is 1.37. The van der Waals surface area contributed by atoms with Gasteiger partial charge in [-0.2, -0.15) is 5.10 Å². The third-order valence-electron chi connectivity index (χ3n) is 2.15. The molecular weight excluding hydrogens is 211 g/mol. The van der Waals surface area contributed by atoms with Crippen LogP contribution in [0, 0.1) is 12.7 Å². The zero-order valence-corrected chi connectivity index (χ0v) is 8.51. The molecule has 0 aliphatic heterocycles. The van der Waals surface area contributed by atoms with E-state index in [0.29, 0.717) is 0 Å². The molecule has 0 saturated heterocycles. The minimum Gasteiger partial charge on any atom is -0.478 e. The predicted molar refractivity (Wildman–Crippen MR) is 55.2 cm³/mol. The van der Waals surface area contributed by atoms with Crippen molar-refractivity contribution in [1.29, 1.82) is 0 Å². The number of aromatic nitrogens is 2. The van der Waals surface area contributed by atoms with E-state index >= 15 is 0 Å². The second-order valence-corrected chi connectivity index (χ2v) is 3.43. The van der Waals surface area contributed by atoms with Crippen LogP contribution in [0.25, 0.3) is 5.69 Å². The van der Waals surface area contributed by atoms with E-state index in [4.69, 9.17) is 5.11 Å². The molecule has 0 amide bonds. The normalized spacial score (nSPS) is 10.4. The quantitative estimate of drug-likeness (QED) is 0.842. The highest BCUT2D eigenvalue weighted by molar-refractivity contribution is 5.88. The Morgan fingerprint density at radius 3 is 2.81 bits per heavy atom. The number of rotatable bonds is 2. The monoisotopic (exact) mass is 220 g/mol. The maximum atomic E-state index is 13.5. The van der Waals surface area contributed by atoms with E-state index < -0.39 is 11.8 Å². The van der Waals surface area contributed by atoms with Gasteiger partial charge in [0.2, 0.25) is 0 Å². The van der Waals surface area contributed by atoms with Crippen LogP contribution < -0.4 is 0 Å². The Hall–Kier alpha value is -2.17. The Morgan fingerprint density at radius 2 is 2.25 bits per heavy atom. The number of halogens is 1. The van der Waals surface area contributed by atoms with Crippen molar-refractivity contribution < 1.29 is 14.3 Å². The van der Waals surface area contributed by atoms with Crippen molar-refractivity contribution in [3.8, 4) is 5.69 Å². The van der Waals surface area contributed by atoms with Crippen LogP contribution in [0.2, 0.25) is 0 Å². The van der Waals surface area contributed by atoms with Gasteiger partial charge in [0.15, 0.2) is 0 Å². The maximum absolute atomic E-state index is 13.5. The molecule has 1 aromatic heterocycles. The summed E-state index contributed by atoms with van der Waals surface area (Å²) in [5.74, 6) is -1.60. The van der Waals surface area contributed by atoms with Gasteiger partial charge in [0.1, 0.15) is 11.5 Å². The lowest BCUT2D eigenvalue weighted by molar-refractivity contribution is 0.0697. The number of aryl methyl sites for hydroxylation is 1. The van der Waals surface area contributed by atoms with Crippen LogP contribution in [0.15, 0.2) is 30.6 Å². The molecule has 0 unspecified atom stereocenters. The Balaban J connectivity index is 2.55. The molecule has 0 spiro atoms. The van der Waals surface area contributed by atoms with Crippen LogP contribution in [-0.2, 0) is 0 Å². The van der Waals surface area contributed by atoms with Gasteiger partial charge in [-0.05, 0) is 30.7 Å². The van der Waals surface area contributed by atoms with E-state index in [1.54, 1.807) is 12.4 Å². The fourth-order valence-corrected chi connectivity index (χ4v) is 1.37. The van der Waals surface area contributed by atoms with E-state index in [2.05, 4.69) is 5.10 Å². The fraction of sp³-hybridized carbons (Fsp3) is 0.0909. The first-order valence-corrected chi connectivity index (χ1v) is 4.62. The Kier molecular flexibility index (Phi) is 2.44. The van der Waals surface area contributed by atoms with Gasteiger partial charge in [0, 0.05) is 6.20 Å². The van der Waals surface area contributed by atoms with Gasteiger partial charge < -0.3 is 5.11 Å². The number of carboxylic acids is 1. The predicted octanol–water partition coefficient (Wildman–Crippen LogP) is 2.02. The molecule has 1 aromatic carbocycles. The summed E-state index contributed by atoms with van der Waals surface area (Å²) in [6.07, 6.45) is 3.21. The zero-order valence-electron chi connectivity index (χ0n) is 8.51. The van der Waals surface area contributed by atoms with Gasteiger partial charge in [-0.25, -0.2) is 13.9 Å². The third kappa shape index (κ3) is 1.79. The summed E-state index contributed by atoms with van der Waals surface area (Å²) in [6, 6.07) is 3.59. The molecular formula is C11H9FN2O2. The van der Waals surface area contributed by atoms with Crippen LogP contribution >= 0.6 is 0 Å². The van der Waals surface area contributed by atoms with Crippen molar-refractivity contribution in [2.75, 3.05) is 0 Å². The average molecular weight is 220 g/mol. The topological polar surface area (TPSA) is 55.1 Å². The molecule has 0 aliphatic rings. The summed E-state index contributed by atoms with van der Waals surface area (Å²) in [5.41, 5.74) is 1.04. The standard InChI is InChI=1S/C11H9FN2O2/c1-7-5-13-14(6-7)10-4-8(11(15)16)2-3-9(10)12/h2-6H,1H3,(H,15,16). The molecule has 5 heteroatoms. The molecule has 0 atom stereocenters. The van der Waals surface area contributed by atoms with E-state index in [1.807, 2.05) is 6.92 Å². The molecule has 0 aliphatic carbocycles. The number of carbonyl (C=O) groups is 1. The molecule has 0 saturated carbocycles. The maximum Gasteiger partial charge on any atom is 0.335 e. The molecule has 0 bridgehead atoms. The highest BCUT2D eigenvalue weighted by atomic mass is 19.1. The first kappa shape index (κ1) is 10.4. The second-order valence-electron chi connectivity index (χ2n) is 3.43. The molecule has 82 valence electrons. The lowest BCUT2D eigenvalue weighted by Gasteiger charge is -2.04. The van der Waals surface area contributed by atoms with Gasteiger partial charge >= 0.3 is 5.97 Å². The van der Waals surface area contributed by atoms with Crippen molar-refractivity contribution in [3.05, 3.63) is 47.5 Å². The molecule has 0 radical (unpaired) electrons. The highest BCUT2D eigenvalue weighted by Gasteiger charge is 2.10. The summed E-state index contributed by atoms with van der Waals surface area (Å²) >= 11 is 0. The molecule has 2 aromatic rings. The largest absolute Gasteiger partial charge is 0.478 e. The van der Waals surface area contributed by atoms with Crippen LogP contribution in [0.5, 0.6) is 0 Å². The summed E-state index contributed by atoms with van der Waals surface area (Å²) in [7, 11) is 0. The molecule has 1 heterocycles. The minimum atomic E-state index is -1.09. The SMILES string of the molecule is Cc1cnn(-c2cc(C(=O)O)ccc2F)c1. The number of hydrogen-bond donors (Lipinski definition) is 1. The van der Waals surface area contributed by atoms with Gasteiger partial charge in [-0.15, -0.1) is 0 Å². The van der Waals surface area contributed by atoms with E-state index in [1.165, 1.54) is 16.8 Å². The number of aromatic carboxylic acids is 1. The second kappa shape index (κ2) is 3.77. The number of benzene rings is 1. The zero-order chi connectivity index (χ0) is 11.7. The van der Waals surface area contributed by atoms with Gasteiger partial charge in [-0.3, -0.25) is 0 Å². The van der Waals surface area contributed by atoms with Crippen molar-refractivity contribution >= 4 is 5.97 Å². The van der Waals surface area contributed by atoms with Gasteiger partial charge in [0.05, 0.1) is 11.8 Å². The van der Waals surface area contributed by atoms with Gasteiger partial charge in [0.25, 0.3) is 0 Å². The summed E-state index contributed by atoms with van der Waals surface area (Å²) in [6.45, 7) is 1.82. The number of carboxylic acid groups (broad SMARTS) is 1. The molecule has 1 N–H and O–H groups in total. The summed E-state index contributed by atoms with van der Waals surface area (Å²) in [5, 5.41) is 12.7. The third-order valence-corrected chi connectivity index (χ3v) is 2.15. The van der Waals surface area contributed by atoms with Crippen molar-refractivity contribution in [3.63, 3.8) is 0 Å². The molecule has 4 nitrogen and oxygen atoms in total. The Labute approximate surface area is 90.9 Å². The highest BCUT2D eigenvalue weighted by Crippen LogP contribution is 2.15. The first-order chi connectivity index (χ1) is 7.58. The first-order valence-electron chi connectivity index (χ1n) is 4.62. The van der Waals surface area contributed by atoms with Crippen molar-refractivity contribution in [1.82, 2.24) is 9.78 Å². The lowest BCUT2D eigenvalue weighted by Crippen LogP contribution is -2.03. The lowest BCUT2D eigenvalue weighted by atomic mass is 10.2. The average Bonchev–Trinajstić information content (AvgIpc) is 2.65. The smallest absolute Gasteiger partial charge is 0.335 e. The van der Waals surface area contributed by atoms with Crippen LogP contribution in [0.4, 0.5) is 4.39 Å². The van der Waals surface area contributed by atoms with Crippen LogP contribution in [-0.4, -0.2) is 20.9 Å². The molecule has 16 heavy (non-hydrogen) atoms. The number of hydrogen-bond acceptors (Lipinski definition) is 2. The number of nitrogens with zero attached hydrogens (tertiary/aromatic N) is 2. The Morgan fingerprint density at radius 1 is 1.50 bits per heavy atom. The Bertz CT molecular complexity index is 549. The van der Waals surface area contributed by atoms with E-state index in [9.17, 15) is 9.18 Å². The van der Waals surface area contributed by atoms with Gasteiger partial charge in [-0.1, -0.05) is 0 Å². The van der Waals surface area contributed by atoms with Crippen LogP contribution in [0.1, 0.15) is 15.9 Å².